The first-order valence-electron chi connectivity index (χ1n) is 8.67. The largest absolute Gasteiger partial charge is 0.444 e. The van der Waals surface area contributed by atoms with Gasteiger partial charge in [0.05, 0.1) is 0 Å². The normalized spacial score (nSPS) is 22.4. The molecule has 0 bridgehead atoms. The summed E-state index contributed by atoms with van der Waals surface area (Å²) in [7, 11) is 0. The first-order valence-corrected chi connectivity index (χ1v) is 8.67. The summed E-state index contributed by atoms with van der Waals surface area (Å²) in [5.74, 6) is 0.709. The molecule has 2 aliphatic carbocycles. The molecule has 1 unspecified atom stereocenters. The van der Waals surface area contributed by atoms with Gasteiger partial charge in [0.25, 0.3) is 0 Å². The van der Waals surface area contributed by atoms with Crippen LogP contribution in [0.5, 0.6) is 0 Å². The highest BCUT2D eigenvalue weighted by Crippen LogP contribution is 2.29. The van der Waals surface area contributed by atoms with Crippen LogP contribution >= 0.6 is 0 Å². The van der Waals surface area contributed by atoms with E-state index in [9.17, 15) is 4.79 Å². The van der Waals surface area contributed by atoms with Crippen molar-refractivity contribution >= 4 is 6.09 Å². The number of alkyl carbamates (subject to hydrolysis) is 1. The van der Waals surface area contributed by atoms with Crippen molar-refractivity contribution in [3.05, 3.63) is 0 Å². The SMILES string of the molecule is CC(C)(C)OC(=O)NCC(NC1CCCC1)C1CCCC1. The predicted octanol–water partition coefficient (Wildman–Crippen LogP) is 3.60. The molecule has 2 N–H and O–H groups in total. The van der Waals surface area contributed by atoms with Crippen molar-refractivity contribution in [2.75, 3.05) is 6.54 Å². The van der Waals surface area contributed by atoms with Gasteiger partial charge in [-0.1, -0.05) is 25.7 Å². The lowest BCUT2D eigenvalue weighted by molar-refractivity contribution is 0.0517. The van der Waals surface area contributed by atoms with Crippen LogP contribution in [0.3, 0.4) is 0 Å². The summed E-state index contributed by atoms with van der Waals surface area (Å²) in [4.78, 5) is 11.9. The van der Waals surface area contributed by atoms with Gasteiger partial charge in [-0.05, 0) is 52.4 Å². The van der Waals surface area contributed by atoms with Gasteiger partial charge >= 0.3 is 6.09 Å². The summed E-state index contributed by atoms with van der Waals surface area (Å²) in [6, 6.07) is 1.05. The molecule has 4 heteroatoms. The number of rotatable bonds is 5. The molecule has 0 aromatic heterocycles. The maximum absolute atomic E-state index is 11.9. The number of carbonyl (C=O) groups is 1. The van der Waals surface area contributed by atoms with Crippen LogP contribution in [0.25, 0.3) is 0 Å². The average Bonchev–Trinajstić information content (AvgIpc) is 3.05. The molecule has 2 rings (SSSR count). The Kier molecular flexibility index (Phi) is 5.91. The van der Waals surface area contributed by atoms with Crippen molar-refractivity contribution in [1.29, 1.82) is 0 Å². The number of amides is 1. The lowest BCUT2D eigenvalue weighted by atomic mass is 9.97. The van der Waals surface area contributed by atoms with Gasteiger partial charge in [-0.2, -0.15) is 0 Å². The Balaban J connectivity index is 1.81. The molecule has 2 aliphatic rings. The van der Waals surface area contributed by atoms with Crippen molar-refractivity contribution < 1.29 is 9.53 Å². The third-order valence-electron chi connectivity index (χ3n) is 4.64. The minimum Gasteiger partial charge on any atom is -0.444 e. The molecular weight excluding hydrogens is 264 g/mol. The summed E-state index contributed by atoms with van der Waals surface area (Å²) < 4.78 is 5.34. The molecule has 0 spiro atoms. The highest BCUT2D eigenvalue weighted by Gasteiger charge is 2.28. The smallest absolute Gasteiger partial charge is 0.407 e. The second-order valence-electron chi connectivity index (χ2n) is 7.68. The molecule has 0 saturated heterocycles. The Bertz CT molecular complexity index is 326. The lowest BCUT2D eigenvalue weighted by Gasteiger charge is -2.29. The van der Waals surface area contributed by atoms with E-state index in [1.807, 2.05) is 20.8 Å². The summed E-state index contributed by atoms with van der Waals surface area (Å²) >= 11 is 0. The van der Waals surface area contributed by atoms with Crippen molar-refractivity contribution in [3.8, 4) is 0 Å². The highest BCUT2D eigenvalue weighted by molar-refractivity contribution is 5.67. The Labute approximate surface area is 129 Å². The Hall–Kier alpha value is -0.770. The van der Waals surface area contributed by atoms with Crippen LogP contribution in [0, 0.1) is 5.92 Å². The van der Waals surface area contributed by atoms with E-state index in [0.29, 0.717) is 24.5 Å². The maximum atomic E-state index is 11.9. The van der Waals surface area contributed by atoms with E-state index in [2.05, 4.69) is 10.6 Å². The molecule has 2 saturated carbocycles. The maximum Gasteiger partial charge on any atom is 0.407 e. The Morgan fingerprint density at radius 3 is 2.24 bits per heavy atom. The van der Waals surface area contributed by atoms with E-state index in [1.165, 1.54) is 51.4 Å². The topological polar surface area (TPSA) is 50.4 Å². The standard InChI is InChI=1S/C17H32N2O2/c1-17(2,3)21-16(20)18-12-15(13-8-4-5-9-13)19-14-10-6-7-11-14/h13-15,19H,4-12H2,1-3H3,(H,18,20). The fourth-order valence-electron chi connectivity index (χ4n) is 3.62. The summed E-state index contributed by atoms with van der Waals surface area (Å²) in [6.45, 7) is 6.39. The molecular formula is C17H32N2O2. The Morgan fingerprint density at radius 1 is 1.10 bits per heavy atom. The molecule has 1 amide bonds. The van der Waals surface area contributed by atoms with Gasteiger partial charge in [-0.25, -0.2) is 4.79 Å². The number of nitrogens with one attached hydrogen (secondary N) is 2. The van der Waals surface area contributed by atoms with Gasteiger partial charge in [-0.3, -0.25) is 0 Å². The quantitative estimate of drug-likeness (QED) is 0.815. The van der Waals surface area contributed by atoms with E-state index in [1.54, 1.807) is 0 Å². The van der Waals surface area contributed by atoms with Crippen LogP contribution in [-0.4, -0.2) is 30.3 Å². The van der Waals surface area contributed by atoms with Crippen LogP contribution in [-0.2, 0) is 4.74 Å². The highest BCUT2D eigenvalue weighted by atomic mass is 16.6. The van der Waals surface area contributed by atoms with E-state index in [0.717, 1.165) is 0 Å². The van der Waals surface area contributed by atoms with E-state index < -0.39 is 5.60 Å². The molecule has 2 fully saturated rings. The molecule has 0 aromatic carbocycles. The van der Waals surface area contributed by atoms with Crippen molar-refractivity contribution in [2.24, 2.45) is 5.92 Å². The van der Waals surface area contributed by atoms with Gasteiger partial charge in [0.15, 0.2) is 0 Å². The van der Waals surface area contributed by atoms with Crippen molar-refractivity contribution in [3.63, 3.8) is 0 Å². The van der Waals surface area contributed by atoms with E-state index in [-0.39, 0.29) is 6.09 Å². The minimum atomic E-state index is -0.425. The zero-order valence-electron chi connectivity index (χ0n) is 13.9. The molecule has 0 aromatic rings. The van der Waals surface area contributed by atoms with E-state index in [4.69, 9.17) is 4.74 Å². The number of hydrogen-bond donors (Lipinski definition) is 2. The fourth-order valence-corrected chi connectivity index (χ4v) is 3.62. The first kappa shape index (κ1) is 16.6. The first-order chi connectivity index (χ1) is 9.94. The number of ether oxygens (including phenoxy) is 1. The molecule has 21 heavy (non-hydrogen) atoms. The monoisotopic (exact) mass is 296 g/mol. The molecule has 1 atom stereocenters. The summed E-state index contributed by atoms with van der Waals surface area (Å²) in [5.41, 5.74) is -0.425. The van der Waals surface area contributed by atoms with Gasteiger partial charge < -0.3 is 15.4 Å². The third-order valence-corrected chi connectivity index (χ3v) is 4.64. The van der Waals surface area contributed by atoms with Crippen LogP contribution in [0.4, 0.5) is 4.79 Å². The van der Waals surface area contributed by atoms with Gasteiger partial charge in [0.2, 0.25) is 0 Å². The lowest BCUT2D eigenvalue weighted by Crippen LogP contribution is -2.49. The van der Waals surface area contributed by atoms with Gasteiger partial charge in [-0.15, -0.1) is 0 Å². The third kappa shape index (κ3) is 5.85. The van der Waals surface area contributed by atoms with Crippen LogP contribution in [0.1, 0.15) is 72.1 Å². The summed E-state index contributed by atoms with van der Waals surface area (Å²) in [5, 5.41) is 6.77. The van der Waals surface area contributed by atoms with Crippen LogP contribution < -0.4 is 10.6 Å². The molecule has 4 nitrogen and oxygen atoms in total. The van der Waals surface area contributed by atoms with Crippen LogP contribution in [0.2, 0.25) is 0 Å². The second kappa shape index (κ2) is 7.48. The predicted molar refractivity (Wildman–Crippen MR) is 85.4 cm³/mol. The summed E-state index contributed by atoms with van der Waals surface area (Å²) in [6.07, 6.45) is 10.2. The molecule has 0 heterocycles. The zero-order chi connectivity index (χ0) is 15.3. The second-order valence-corrected chi connectivity index (χ2v) is 7.68. The molecule has 0 aliphatic heterocycles. The minimum absolute atomic E-state index is 0.293. The fraction of sp³-hybridized carbons (Fsp3) is 0.941. The van der Waals surface area contributed by atoms with Gasteiger partial charge in [0, 0.05) is 18.6 Å². The van der Waals surface area contributed by atoms with Crippen LogP contribution in [0.15, 0.2) is 0 Å². The number of hydrogen-bond acceptors (Lipinski definition) is 3. The zero-order valence-corrected chi connectivity index (χ0v) is 13.9. The van der Waals surface area contributed by atoms with Crippen molar-refractivity contribution in [1.82, 2.24) is 10.6 Å². The number of carbonyl (C=O) groups excluding carboxylic acids is 1. The van der Waals surface area contributed by atoms with E-state index >= 15 is 0 Å². The molecule has 0 radical (unpaired) electrons. The Morgan fingerprint density at radius 2 is 1.67 bits per heavy atom. The van der Waals surface area contributed by atoms with Gasteiger partial charge in [0.1, 0.15) is 5.60 Å². The average molecular weight is 296 g/mol. The molecule has 122 valence electrons. The van der Waals surface area contributed by atoms with Crippen molar-refractivity contribution in [2.45, 2.75) is 89.8 Å².